The lowest BCUT2D eigenvalue weighted by Gasteiger charge is -2.24. The summed E-state index contributed by atoms with van der Waals surface area (Å²) >= 11 is 1.68. The molecule has 2 heterocycles. The number of nitrogens with two attached hydrogens (primary N) is 1. The zero-order valence-corrected chi connectivity index (χ0v) is 16.5. The number of aromatic nitrogens is 1. The van der Waals surface area contributed by atoms with Crippen LogP contribution in [0.25, 0.3) is 0 Å². The van der Waals surface area contributed by atoms with E-state index in [4.69, 9.17) is 4.98 Å². The maximum Gasteiger partial charge on any atom is 0.280 e. The van der Waals surface area contributed by atoms with Crippen LogP contribution in [0.3, 0.4) is 0 Å². The van der Waals surface area contributed by atoms with E-state index in [0.29, 0.717) is 0 Å². The Balaban J connectivity index is 0.00000182. The van der Waals surface area contributed by atoms with Crippen LogP contribution in [0.4, 0.5) is 10.8 Å². The monoisotopic (exact) mass is 417 g/mol. The lowest BCUT2D eigenvalue weighted by atomic mass is 10.2. The minimum Gasteiger partial charge on any atom is -0.289 e. The van der Waals surface area contributed by atoms with Crippen LogP contribution < -0.4 is 21.1 Å². The Hall–Kier alpha value is -2.06. The van der Waals surface area contributed by atoms with Gasteiger partial charge in [-0.15, -0.1) is 39.8 Å². The zero-order chi connectivity index (χ0) is 16.5. The van der Waals surface area contributed by atoms with Crippen molar-refractivity contribution in [1.82, 2.24) is 10.4 Å². The summed E-state index contributed by atoms with van der Waals surface area (Å²) < 4.78 is 0. The molecule has 3 aromatic rings. The first-order valence-electron chi connectivity index (χ1n) is 7.84. The Morgan fingerprint density at radius 2 is 1.68 bits per heavy atom. The Labute approximate surface area is 162 Å². The van der Waals surface area contributed by atoms with Gasteiger partial charge in [0.25, 0.3) is 5.13 Å². The number of rotatable bonds is 3. The van der Waals surface area contributed by atoms with Crippen LogP contribution in [0.2, 0.25) is 0 Å². The summed E-state index contributed by atoms with van der Waals surface area (Å²) in [5, 5.41) is 5.03. The topological polar surface area (TPSA) is 48.0 Å². The second kappa shape index (κ2) is 7.45. The van der Waals surface area contributed by atoms with Crippen molar-refractivity contribution in [3.05, 3.63) is 83.0 Å². The normalized spacial score (nSPS) is 13.9. The largest absolute Gasteiger partial charge is 0.289 e. The first kappa shape index (κ1) is 17.8. The summed E-state index contributed by atoms with van der Waals surface area (Å²) in [5.74, 6) is 0. The molecule has 5 nitrogen and oxygen atoms in total. The molecule has 0 spiro atoms. The van der Waals surface area contributed by atoms with E-state index in [0.717, 1.165) is 28.2 Å². The highest BCUT2D eigenvalue weighted by Gasteiger charge is 2.33. The Morgan fingerprint density at radius 1 is 1.04 bits per heavy atom. The van der Waals surface area contributed by atoms with E-state index in [-0.39, 0.29) is 17.0 Å². The smallest absolute Gasteiger partial charge is 0.280 e. The fraction of sp³-hybridized carbons (Fsp3) is 0.111. The SMILES string of the molecule is Br.Cc1nc(N2N[C-](c3ccccc3)[NH2+]N2c2ccccc2)[s+][c-]1C. The van der Waals surface area contributed by atoms with Gasteiger partial charge in [0.15, 0.2) is 0 Å². The van der Waals surface area contributed by atoms with Gasteiger partial charge in [0.05, 0.1) is 16.2 Å². The van der Waals surface area contributed by atoms with Crippen molar-refractivity contribution in [3.63, 3.8) is 0 Å². The number of aryl methyl sites for hydroxylation is 2. The van der Waals surface area contributed by atoms with Gasteiger partial charge in [0, 0.05) is 5.69 Å². The Morgan fingerprint density at radius 3 is 2.28 bits per heavy atom. The van der Waals surface area contributed by atoms with Crippen molar-refractivity contribution in [2.24, 2.45) is 0 Å². The number of hydrazine groups is 2. The summed E-state index contributed by atoms with van der Waals surface area (Å²) in [6.45, 7) is 4.15. The molecule has 1 aromatic heterocycles. The summed E-state index contributed by atoms with van der Waals surface area (Å²) in [7, 11) is 0. The number of anilines is 2. The predicted molar refractivity (Wildman–Crippen MR) is 107 cm³/mol. The maximum absolute atomic E-state index is 4.70. The van der Waals surface area contributed by atoms with Crippen molar-refractivity contribution in [1.29, 1.82) is 0 Å². The third kappa shape index (κ3) is 3.50. The highest BCUT2D eigenvalue weighted by atomic mass is 79.9. The third-order valence-corrected chi connectivity index (χ3v) is 5.05. The molecule has 0 saturated carbocycles. The molecule has 1 aliphatic heterocycles. The highest BCUT2D eigenvalue weighted by Crippen LogP contribution is 2.28. The third-order valence-electron chi connectivity index (χ3n) is 4.00. The Kier molecular flexibility index (Phi) is 5.29. The second-order valence-electron chi connectivity index (χ2n) is 5.65. The number of nitrogens with zero attached hydrogens (tertiary/aromatic N) is 3. The summed E-state index contributed by atoms with van der Waals surface area (Å²) in [6.07, 6.45) is 1.05. The summed E-state index contributed by atoms with van der Waals surface area (Å²) in [4.78, 5) is 5.93. The molecule has 25 heavy (non-hydrogen) atoms. The molecule has 0 radical (unpaired) electrons. The second-order valence-corrected chi connectivity index (χ2v) is 6.83. The average molecular weight is 418 g/mol. The number of quaternary nitrogens is 1. The molecular weight excluding hydrogens is 398 g/mol. The van der Waals surface area contributed by atoms with E-state index in [2.05, 4.69) is 47.2 Å². The molecule has 2 aromatic carbocycles. The molecule has 3 N–H and O–H groups in total. The number of halogens is 1. The number of para-hydroxylation sites is 1. The molecular formula is C18H20BrN5S. The molecule has 130 valence electrons. The number of nitrogens with one attached hydrogen (secondary N) is 1. The number of benzene rings is 2. The standard InChI is InChI=1S/C18H19N5S.BrH/c1-13-14(2)24-18(19-13)23-21-17(15-9-5-3-6-10-15)20-22(23)16-11-7-4-8-12-16;/h3-12,21H,20H2,1-2H3;1H. The molecule has 0 atom stereocenters. The van der Waals surface area contributed by atoms with Gasteiger partial charge in [-0.3, -0.25) is 4.98 Å². The number of hydrogen-bond donors (Lipinski definition) is 2. The van der Waals surface area contributed by atoms with Gasteiger partial charge in [-0.05, 0) is 19.1 Å². The van der Waals surface area contributed by atoms with E-state index >= 15 is 0 Å². The van der Waals surface area contributed by atoms with Crippen LogP contribution in [0.5, 0.6) is 0 Å². The fourth-order valence-corrected chi connectivity index (χ4v) is 3.46. The minimum atomic E-state index is 0. The van der Waals surface area contributed by atoms with E-state index in [9.17, 15) is 0 Å². The lowest BCUT2D eigenvalue weighted by Crippen LogP contribution is -2.93. The first-order chi connectivity index (χ1) is 11.7. The molecule has 0 bridgehead atoms. The van der Waals surface area contributed by atoms with Gasteiger partial charge in [-0.1, -0.05) is 31.2 Å². The molecule has 4 rings (SSSR count). The summed E-state index contributed by atoms with van der Waals surface area (Å²) in [5.41, 5.74) is 8.89. The van der Waals surface area contributed by atoms with E-state index in [1.54, 1.807) is 11.3 Å². The quantitative estimate of drug-likeness (QED) is 0.390. The maximum atomic E-state index is 4.70. The molecule has 1 saturated heterocycles. The molecule has 1 fully saturated rings. The number of thiazole rings is 1. The van der Waals surface area contributed by atoms with Crippen molar-refractivity contribution in [3.8, 4) is 0 Å². The first-order valence-corrected chi connectivity index (χ1v) is 8.66. The van der Waals surface area contributed by atoms with Gasteiger partial charge in [-0.2, -0.15) is 22.7 Å². The summed E-state index contributed by atoms with van der Waals surface area (Å²) in [6, 6.07) is 20.6. The lowest BCUT2D eigenvalue weighted by molar-refractivity contribution is -0.633. The van der Waals surface area contributed by atoms with Crippen molar-refractivity contribution < 1.29 is 5.43 Å². The zero-order valence-electron chi connectivity index (χ0n) is 14.0. The van der Waals surface area contributed by atoms with Crippen molar-refractivity contribution in [2.75, 3.05) is 10.2 Å². The van der Waals surface area contributed by atoms with Crippen LogP contribution in [-0.2, 0) is 0 Å². The van der Waals surface area contributed by atoms with Crippen LogP contribution in [0.15, 0.2) is 60.7 Å². The van der Waals surface area contributed by atoms with Gasteiger partial charge < -0.3 is 0 Å². The number of hydrogen-bond acceptors (Lipinski definition) is 4. The van der Waals surface area contributed by atoms with Gasteiger partial charge in [0.1, 0.15) is 11.9 Å². The van der Waals surface area contributed by atoms with Crippen LogP contribution >= 0.6 is 28.3 Å². The van der Waals surface area contributed by atoms with Crippen LogP contribution in [0, 0.1) is 20.0 Å². The van der Waals surface area contributed by atoms with Gasteiger partial charge in [-0.25, -0.2) is 5.43 Å². The molecule has 0 aliphatic carbocycles. The average Bonchev–Trinajstić information content (AvgIpc) is 3.21. The predicted octanol–water partition coefficient (Wildman–Crippen LogP) is 3.10. The minimum absolute atomic E-state index is 0. The highest BCUT2D eigenvalue weighted by molar-refractivity contribution is 8.93. The van der Waals surface area contributed by atoms with Gasteiger partial charge >= 0.3 is 0 Å². The molecule has 1 aliphatic rings. The van der Waals surface area contributed by atoms with Crippen LogP contribution in [-0.4, -0.2) is 4.98 Å². The van der Waals surface area contributed by atoms with Gasteiger partial charge in [0.2, 0.25) is 0 Å². The Bertz CT molecular complexity index is 804. The fourth-order valence-electron chi connectivity index (χ4n) is 2.59. The van der Waals surface area contributed by atoms with Crippen molar-refractivity contribution >= 4 is 39.1 Å². The van der Waals surface area contributed by atoms with Crippen LogP contribution in [0.1, 0.15) is 16.1 Å². The van der Waals surface area contributed by atoms with E-state index in [1.165, 1.54) is 4.88 Å². The van der Waals surface area contributed by atoms with E-state index in [1.807, 2.05) is 48.4 Å². The molecule has 7 heteroatoms. The van der Waals surface area contributed by atoms with Crippen molar-refractivity contribution in [2.45, 2.75) is 13.8 Å². The molecule has 0 unspecified atom stereocenters. The molecule has 0 amide bonds. The van der Waals surface area contributed by atoms with E-state index < -0.39 is 0 Å².